The molecule has 3 rings (SSSR count). The number of Topliss-reactive ketones (excluding diaryl/α,β-unsaturated/α-hetero) is 1. The number of fused-ring (bicyclic) bond motifs is 1. The van der Waals surface area contributed by atoms with E-state index >= 15 is 0 Å². The zero-order valence-electron chi connectivity index (χ0n) is 11.0. The topological polar surface area (TPSA) is 77.3 Å². The van der Waals surface area contributed by atoms with Gasteiger partial charge in [-0.25, -0.2) is 4.98 Å². The number of ketones is 1. The number of amides is 1. The minimum Gasteiger partial charge on any atom is -0.497 e. The first kappa shape index (κ1) is 12.3. The Hall–Kier alpha value is -2.70. The molecular weight excluding hydrogens is 260 g/mol. The Bertz CT molecular complexity index is 707. The van der Waals surface area contributed by atoms with Crippen LogP contribution in [0.15, 0.2) is 24.5 Å². The predicted molar refractivity (Wildman–Crippen MR) is 69.5 cm³/mol. The average Bonchev–Trinajstić information content (AvgIpc) is 2.96. The number of hydrogen-bond acceptors (Lipinski definition) is 5. The highest BCUT2D eigenvalue weighted by Crippen LogP contribution is 2.33. The summed E-state index contributed by atoms with van der Waals surface area (Å²) in [7, 11) is 3.27. The van der Waals surface area contributed by atoms with Crippen LogP contribution in [0.5, 0.6) is 5.75 Å². The van der Waals surface area contributed by atoms with Gasteiger partial charge in [0, 0.05) is 13.1 Å². The van der Waals surface area contributed by atoms with Crippen molar-refractivity contribution in [2.24, 2.45) is 7.05 Å². The van der Waals surface area contributed by atoms with Gasteiger partial charge in [0.1, 0.15) is 17.9 Å². The van der Waals surface area contributed by atoms with E-state index in [1.807, 2.05) is 0 Å². The van der Waals surface area contributed by atoms with Gasteiger partial charge in [-0.2, -0.15) is 5.10 Å². The molecule has 0 unspecified atom stereocenters. The maximum atomic E-state index is 12.1. The lowest BCUT2D eigenvalue weighted by Gasteiger charge is -2.16. The van der Waals surface area contributed by atoms with Crippen LogP contribution in [0.2, 0.25) is 0 Å². The number of ether oxygens (including phenoxy) is 1. The fourth-order valence-electron chi connectivity index (χ4n) is 2.16. The summed E-state index contributed by atoms with van der Waals surface area (Å²) in [6, 6.07) is 4.94. The average molecular weight is 272 g/mol. The number of benzene rings is 1. The van der Waals surface area contributed by atoms with Gasteiger partial charge in [-0.1, -0.05) is 0 Å². The molecule has 7 nitrogen and oxygen atoms in total. The largest absolute Gasteiger partial charge is 0.497 e. The Morgan fingerprint density at radius 1 is 1.30 bits per heavy atom. The Kier molecular flexibility index (Phi) is 2.74. The smallest absolute Gasteiger partial charge is 0.299 e. The third-order valence-corrected chi connectivity index (χ3v) is 3.28. The lowest BCUT2D eigenvalue weighted by molar-refractivity contribution is -0.114. The number of carbonyl (C=O) groups excluding carboxylic acids is 2. The Morgan fingerprint density at radius 2 is 2.10 bits per heavy atom. The van der Waals surface area contributed by atoms with Gasteiger partial charge in [-0.05, 0) is 12.1 Å². The van der Waals surface area contributed by atoms with Crippen LogP contribution in [0.3, 0.4) is 0 Å². The summed E-state index contributed by atoms with van der Waals surface area (Å²) in [5.74, 6) is 0.122. The van der Waals surface area contributed by atoms with Crippen LogP contribution in [0.25, 0.3) is 0 Å². The van der Waals surface area contributed by atoms with Crippen molar-refractivity contribution in [1.29, 1.82) is 0 Å². The van der Waals surface area contributed by atoms with E-state index in [9.17, 15) is 9.59 Å². The Morgan fingerprint density at radius 3 is 2.75 bits per heavy atom. The van der Waals surface area contributed by atoms with Crippen molar-refractivity contribution in [3.8, 4) is 5.75 Å². The van der Waals surface area contributed by atoms with Gasteiger partial charge in [-0.15, -0.1) is 0 Å². The highest BCUT2D eigenvalue weighted by atomic mass is 16.5. The quantitative estimate of drug-likeness (QED) is 0.763. The molecule has 1 aromatic carbocycles. The molecule has 0 aliphatic carbocycles. The van der Waals surface area contributed by atoms with E-state index in [-0.39, 0.29) is 6.54 Å². The lowest BCUT2D eigenvalue weighted by atomic mass is 10.1. The maximum absolute atomic E-state index is 12.1. The van der Waals surface area contributed by atoms with Crippen molar-refractivity contribution < 1.29 is 14.3 Å². The molecular formula is C13H12N4O3. The van der Waals surface area contributed by atoms with E-state index in [2.05, 4.69) is 10.1 Å². The van der Waals surface area contributed by atoms with Gasteiger partial charge in [0.2, 0.25) is 0 Å². The fraction of sp³-hybridized carbons (Fsp3) is 0.231. The third-order valence-electron chi connectivity index (χ3n) is 3.28. The zero-order valence-corrected chi connectivity index (χ0v) is 11.0. The molecule has 0 bridgehead atoms. The van der Waals surface area contributed by atoms with Gasteiger partial charge >= 0.3 is 0 Å². The predicted octanol–water partition coefficient (Wildman–Crippen LogP) is 0.553. The second-order valence-corrected chi connectivity index (χ2v) is 4.40. The van der Waals surface area contributed by atoms with E-state index in [4.69, 9.17) is 4.74 Å². The normalized spacial score (nSPS) is 13.8. The molecule has 1 aliphatic heterocycles. The third kappa shape index (κ3) is 1.75. The van der Waals surface area contributed by atoms with E-state index in [1.165, 1.54) is 18.3 Å². The molecule has 2 heterocycles. The highest BCUT2D eigenvalue weighted by molar-refractivity contribution is 6.52. The molecule has 0 fully saturated rings. The van der Waals surface area contributed by atoms with E-state index < -0.39 is 11.7 Å². The Labute approximate surface area is 114 Å². The first-order valence-electron chi connectivity index (χ1n) is 5.99. The van der Waals surface area contributed by atoms with Crippen LogP contribution in [0, 0.1) is 0 Å². The number of rotatable bonds is 3. The molecule has 7 heteroatoms. The van der Waals surface area contributed by atoms with Crippen molar-refractivity contribution in [2.75, 3.05) is 12.0 Å². The van der Waals surface area contributed by atoms with Crippen molar-refractivity contribution in [3.05, 3.63) is 35.9 Å². The molecule has 0 N–H and O–H groups in total. The number of aromatic nitrogens is 3. The van der Waals surface area contributed by atoms with Crippen molar-refractivity contribution in [2.45, 2.75) is 6.54 Å². The molecule has 1 aliphatic rings. The maximum Gasteiger partial charge on any atom is 0.299 e. The second-order valence-electron chi connectivity index (χ2n) is 4.40. The van der Waals surface area contributed by atoms with Crippen LogP contribution in [0.1, 0.15) is 16.2 Å². The SMILES string of the molecule is COc1ccc2c(c1)N(Cc1ncnn1C)C(=O)C2=O. The molecule has 1 amide bonds. The van der Waals surface area contributed by atoms with Gasteiger partial charge in [-0.3, -0.25) is 19.2 Å². The standard InChI is InChI=1S/C13H12N4O3/c1-16-11(14-7-15-16)6-17-10-5-8(20-2)3-4-9(10)12(18)13(17)19/h3-5,7H,6H2,1-2H3. The zero-order chi connectivity index (χ0) is 14.3. The summed E-state index contributed by atoms with van der Waals surface area (Å²) in [4.78, 5) is 29.5. The van der Waals surface area contributed by atoms with Crippen LogP contribution < -0.4 is 9.64 Å². The molecule has 0 spiro atoms. The molecule has 0 saturated heterocycles. The van der Waals surface area contributed by atoms with Gasteiger partial charge < -0.3 is 4.74 Å². The molecule has 0 saturated carbocycles. The summed E-state index contributed by atoms with van der Waals surface area (Å²) in [6.45, 7) is 0.196. The van der Waals surface area contributed by atoms with Gasteiger partial charge in [0.15, 0.2) is 0 Å². The van der Waals surface area contributed by atoms with Gasteiger partial charge in [0.25, 0.3) is 11.7 Å². The van der Waals surface area contributed by atoms with Crippen molar-refractivity contribution in [1.82, 2.24) is 14.8 Å². The fourth-order valence-corrected chi connectivity index (χ4v) is 2.16. The summed E-state index contributed by atoms with van der Waals surface area (Å²) in [5.41, 5.74) is 0.931. The van der Waals surface area contributed by atoms with E-state index in [1.54, 1.807) is 29.9 Å². The van der Waals surface area contributed by atoms with Gasteiger partial charge in [0.05, 0.1) is 24.9 Å². The molecule has 0 atom stereocenters. The number of anilines is 1. The number of aryl methyl sites for hydroxylation is 1. The summed E-state index contributed by atoms with van der Waals surface area (Å²) in [5, 5.41) is 3.95. The van der Waals surface area contributed by atoms with Crippen molar-refractivity contribution in [3.63, 3.8) is 0 Å². The number of methoxy groups -OCH3 is 1. The number of hydrogen-bond donors (Lipinski definition) is 0. The molecule has 102 valence electrons. The summed E-state index contributed by atoms with van der Waals surface area (Å²) >= 11 is 0. The first-order valence-corrected chi connectivity index (χ1v) is 5.99. The molecule has 1 aromatic heterocycles. The second kappa shape index (κ2) is 4.44. The van der Waals surface area contributed by atoms with E-state index in [0.29, 0.717) is 22.8 Å². The first-order chi connectivity index (χ1) is 9.61. The number of nitrogens with zero attached hydrogens (tertiary/aromatic N) is 4. The van der Waals surface area contributed by atoms with Crippen LogP contribution in [0.4, 0.5) is 5.69 Å². The molecule has 2 aromatic rings. The van der Waals surface area contributed by atoms with Crippen molar-refractivity contribution >= 4 is 17.4 Å². The lowest BCUT2D eigenvalue weighted by Crippen LogP contribution is -2.30. The number of carbonyl (C=O) groups is 2. The minimum absolute atomic E-state index is 0.196. The van der Waals surface area contributed by atoms with Crippen LogP contribution in [-0.4, -0.2) is 33.6 Å². The van der Waals surface area contributed by atoms with Crippen LogP contribution in [-0.2, 0) is 18.4 Å². The summed E-state index contributed by atoms with van der Waals surface area (Å²) < 4.78 is 6.70. The highest BCUT2D eigenvalue weighted by Gasteiger charge is 2.36. The molecule has 0 radical (unpaired) electrons. The van der Waals surface area contributed by atoms with E-state index in [0.717, 1.165) is 0 Å². The monoisotopic (exact) mass is 272 g/mol. The van der Waals surface area contributed by atoms with Crippen LogP contribution >= 0.6 is 0 Å². The minimum atomic E-state index is -0.559. The molecule has 20 heavy (non-hydrogen) atoms. The summed E-state index contributed by atoms with van der Waals surface area (Å²) in [6.07, 6.45) is 1.41. The Balaban J connectivity index is 2.03.